The van der Waals surface area contributed by atoms with Gasteiger partial charge in [0.05, 0.1) is 0 Å². The summed E-state index contributed by atoms with van der Waals surface area (Å²) in [5.41, 5.74) is 0.732. The number of carbonyl (C=O) groups is 2. The van der Waals surface area contributed by atoms with E-state index < -0.39 is 0 Å². The predicted molar refractivity (Wildman–Crippen MR) is 92.6 cm³/mol. The van der Waals surface area contributed by atoms with Crippen LogP contribution in [0.3, 0.4) is 0 Å². The Morgan fingerprint density at radius 1 is 1.22 bits per heavy atom. The zero-order valence-corrected chi connectivity index (χ0v) is 14.2. The van der Waals surface area contributed by atoms with E-state index in [2.05, 4.69) is 10.6 Å². The Kier molecular flexibility index (Phi) is 6.86. The summed E-state index contributed by atoms with van der Waals surface area (Å²) in [4.78, 5) is 25.8. The molecule has 1 saturated heterocycles. The molecule has 2 N–H and O–H groups in total. The quantitative estimate of drug-likeness (QED) is 0.804. The van der Waals surface area contributed by atoms with Crippen LogP contribution in [0.15, 0.2) is 24.3 Å². The van der Waals surface area contributed by atoms with Gasteiger partial charge in [0.2, 0.25) is 11.8 Å². The molecule has 0 saturated carbocycles. The van der Waals surface area contributed by atoms with Gasteiger partial charge in [0.15, 0.2) is 0 Å². The molecule has 1 unspecified atom stereocenters. The van der Waals surface area contributed by atoms with Crippen LogP contribution in [0.25, 0.3) is 0 Å². The summed E-state index contributed by atoms with van der Waals surface area (Å²) in [5.74, 6) is 0.144. The first-order valence-corrected chi connectivity index (χ1v) is 8.49. The minimum Gasteiger partial charge on any atom is -0.343 e. The summed E-state index contributed by atoms with van der Waals surface area (Å²) in [6.45, 7) is 4.32. The maximum absolute atomic E-state index is 12.0. The SMILES string of the molecule is CC(CC(=O)Nc1ccc(Cl)cc1)NCCC(=O)N1CCCC1. The van der Waals surface area contributed by atoms with Crippen LogP contribution < -0.4 is 10.6 Å². The molecule has 1 fully saturated rings. The second-order valence-corrected chi connectivity index (χ2v) is 6.39. The monoisotopic (exact) mass is 337 g/mol. The Hall–Kier alpha value is -1.59. The molecule has 1 aromatic rings. The number of hydrogen-bond acceptors (Lipinski definition) is 3. The lowest BCUT2D eigenvalue weighted by molar-refractivity contribution is -0.130. The smallest absolute Gasteiger partial charge is 0.225 e. The molecule has 0 spiro atoms. The van der Waals surface area contributed by atoms with Gasteiger partial charge < -0.3 is 15.5 Å². The van der Waals surface area contributed by atoms with Crippen molar-refractivity contribution in [3.8, 4) is 0 Å². The lowest BCUT2D eigenvalue weighted by Crippen LogP contribution is -2.35. The molecule has 1 aliphatic heterocycles. The van der Waals surface area contributed by atoms with Crippen LogP contribution >= 0.6 is 11.6 Å². The molecular weight excluding hydrogens is 314 g/mol. The number of anilines is 1. The van der Waals surface area contributed by atoms with E-state index in [9.17, 15) is 9.59 Å². The van der Waals surface area contributed by atoms with Crippen LogP contribution in [-0.2, 0) is 9.59 Å². The van der Waals surface area contributed by atoms with Gasteiger partial charge in [0.25, 0.3) is 0 Å². The van der Waals surface area contributed by atoms with E-state index in [1.165, 1.54) is 0 Å². The van der Waals surface area contributed by atoms with E-state index >= 15 is 0 Å². The van der Waals surface area contributed by atoms with Crippen molar-refractivity contribution in [3.05, 3.63) is 29.3 Å². The number of nitrogens with zero attached hydrogens (tertiary/aromatic N) is 1. The third-order valence-corrected chi connectivity index (χ3v) is 4.16. The molecule has 0 radical (unpaired) electrons. The molecule has 0 aliphatic carbocycles. The van der Waals surface area contributed by atoms with Crippen molar-refractivity contribution in [1.29, 1.82) is 0 Å². The summed E-state index contributed by atoms with van der Waals surface area (Å²) in [7, 11) is 0. The highest BCUT2D eigenvalue weighted by Crippen LogP contribution is 2.13. The normalized spacial score (nSPS) is 15.5. The average Bonchev–Trinajstić information content (AvgIpc) is 3.03. The summed E-state index contributed by atoms with van der Waals surface area (Å²) in [6.07, 6.45) is 3.07. The summed E-state index contributed by atoms with van der Waals surface area (Å²) in [5, 5.41) is 6.70. The van der Waals surface area contributed by atoms with Crippen molar-refractivity contribution in [2.75, 3.05) is 25.0 Å². The van der Waals surface area contributed by atoms with Crippen LogP contribution in [0.4, 0.5) is 5.69 Å². The molecule has 2 rings (SSSR count). The van der Waals surface area contributed by atoms with Crippen LogP contribution in [0, 0.1) is 0 Å². The van der Waals surface area contributed by atoms with Crippen molar-refractivity contribution in [2.24, 2.45) is 0 Å². The number of benzene rings is 1. The number of carbonyl (C=O) groups excluding carboxylic acids is 2. The summed E-state index contributed by atoms with van der Waals surface area (Å²) >= 11 is 5.81. The summed E-state index contributed by atoms with van der Waals surface area (Å²) < 4.78 is 0. The predicted octanol–water partition coefficient (Wildman–Crippen LogP) is 2.66. The number of halogens is 1. The Balaban J connectivity index is 1.63. The minimum atomic E-state index is -0.0572. The molecule has 1 atom stereocenters. The van der Waals surface area contributed by atoms with Crippen LogP contribution in [-0.4, -0.2) is 42.4 Å². The number of rotatable bonds is 7. The van der Waals surface area contributed by atoms with Crippen LogP contribution in [0.1, 0.15) is 32.6 Å². The zero-order valence-electron chi connectivity index (χ0n) is 13.5. The number of likely N-dealkylation sites (tertiary alicyclic amines) is 1. The van der Waals surface area contributed by atoms with E-state index in [1.54, 1.807) is 24.3 Å². The second kappa shape index (κ2) is 8.89. The van der Waals surface area contributed by atoms with E-state index in [0.717, 1.165) is 31.6 Å². The topological polar surface area (TPSA) is 61.4 Å². The van der Waals surface area contributed by atoms with Gasteiger partial charge in [0, 0.05) is 49.2 Å². The highest BCUT2D eigenvalue weighted by atomic mass is 35.5. The molecule has 0 aromatic heterocycles. The molecule has 1 heterocycles. The van der Waals surface area contributed by atoms with E-state index in [1.807, 2.05) is 11.8 Å². The highest BCUT2D eigenvalue weighted by molar-refractivity contribution is 6.30. The molecule has 5 nitrogen and oxygen atoms in total. The maximum atomic E-state index is 12.0. The fourth-order valence-electron chi connectivity index (χ4n) is 2.65. The lowest BCUT2D eigenvalue weighted by atomic mass is 10.2. The standard InChI is InChI=1S/C17H24ClN3O2/c1-13(19-9-8-17(23)21-10-2-3-11-21)12-16(22)20-15-6-4-14(18)5-7-15/h4-7,13,19H,2-3,8-12H2,1H3,(H,20,22). The molecule has 1 aliphatic rings. The Bertz CT molecular complexity index is 527. The lowest BCUT2D eigenvalue weighted by Gasteiger charge is -2.17. The largest absolute Gasteiger partial charge is 0.343 e. The average molecular weight is 338 g/mol. The first-order chi connectivity index (χ1) is 11.0. The highest BCUT2D eigenvalue weighted by Gasteiger charge is 2.17. The molecule has 126 valence electrons. The van der Waals surface area contributed by atoms with Crippen molar-refractivity contribution in [1.82, 2.24) is 10.2 Å². The van der Waals surface area contributed by atoms with E-state index in [0.29, 0.717) is 24.4 Å². The van der Waals surface area contributed by atoms with Gasteiger partial charge in [-0.15, -0.1) is 0 Å². The van der Waals surface area contributed by atoms with Gasteiger partial charge in [-0.05, 0) is 44.0 Å². The van der Waals surface area contributed by atoms with Gasteiger partial charge in [-0.1, -0.05) is 11.6 Å². The van der Waals surface area contributed by atoms with Gasteiger partial charge in [-0.3, -0.25) is 9.59 Å². The molecule has 0 bridgehead atoms. The molecule has 23 heavy (non-hydrogen) atoms. The first-order valence-electron chi connectivity index (χ1n) is 8.11. The Morgan fingerprint density at radius 2 is 1.87 bits per heavy atom. The van der Waals surface area contributed by atoms with Crippen molar-refractivity contribution in [3.63, 3.8) is 0 Å². The minimum absolute atomic E-state index is 0.0219. The molecular formula is C17H24ClN3O2. The van der Waals surface area contributed by atoms with Gasteiger partial charge in [-0.2, -0.15) is 0 Å². The van der Waals surface area contributed by atoms with Crippen molar-refractivity contribution < 1.29 is 9.59 Å². The second-order valence-electron chi connectivity index (χ2n) is 5.95. The van der Waals surface area contributed by atoms with E-state index in [-0.39, 0.29) is 17.9 Å². The Labute approximate surface area is 142 Å². The van der Waals surface area contributed by atoms with Crippen molar-refractivity contribution >= 4 is 29.1 Å². The zero-order chi connectivity index (χ0) is 16.7. The molecule has 2 amide bonds. The Morgan fingerprint density at radius 3 is 2.52 bits per heavy atom. The van der Waals surface area contributed by atoms with Gasteiger partial charge >= 0.3 is 0 Å². The van der Waals surface area contributed by atoms with E-state index in [4.69, 9.17) is 11.6 Å². The number of hydrogen-bond donors (Lipinski definition) is 2. The fourth-order valence-corrected chi connectivity index (χ4v) is 2.77. The third kappa shape index (κ3) is 6.20. The fraction of sp³-hybridized carbons (Fsp3) is 0.529. The number of nitrogens with one attached hydrogen (secondary N) is 2. The van der Waals surface area contributed by atoms with Crippen molar-refractivity contribution in [2.45, 2.75) is 38.6 Å². The van der Waals surface area contributed by atoms with Crippen LogP contribution in [0.5, 0.6) is 0 Å². The maximum Gasteiger partial charge on any atom is 0.225 e. The van der Waals surface area contributed by atoms with Crippen LogP contribution in [0.2, 0.25) is 5.02 Å². The first kappa shape index (κ1) is 17.8. The summed E-state index contributed by atoms with van der Waals surface area (Å²) in [6, 6.07) is 7.04. The molecule has 6 heteroatoms. The number of amides is 2. The third-order valence-electron chi connectivity index (χ3n) is 3.91. The van der Waals surface area contributed by atoms with Gasteiger partial charge in [-0.25, -0.2) is 0 Å². The molecule has 1 aromatic carbocycles. The van der Waals surface area contributed by atoms with Gasteiger partial charge in [0.1, 0.15) is 0 Å².